The number of rotatable bonds is 2. The number of hydrogen-bond donors (Lipinski definition) is 3. The van der Waals surface area contributed by atoms with Gasteiger partial charge >= 0.3 is 0 Å². The summed E-state index contributed by atoms with van der Waals surface area (Å²) in [6.45, 7) is 2.72. The van der Waals surface area contributed by atoms with Crippen molar-refractivity contribution in [1.82, 2.24) is 4.98 Å². The Bertz CT molecular complexity index is 667. The zero-order valence-electron chi connectivity index (χ0n) is 10.5. The summed E-state index contributed by atoms with van der Waals surface area (Å²) in [5.41, 5.74) is 1.01. The second-order valence-corrected chi connectivity index (χ2v) is 4.08. The van der Waals surface area contributed by atoms with E-state index < -0.39 is 0 Å². The van der Waals surface area contributed by atoms with Gasteiger partial charge in [-0.1, -0.05) is 0 Å². The summed E-state index contributed by atoms with van der Waals surface area (Å²) >= 11 is 0. The van der Waals surface area contributed by atoms with Gasteiger partial charge in [0.25, 0.3) is 0 Å². The van der Waals surface area contributed by atoms with Crippen molar-refractivity contribution in [2.24, 2.45) is 0 Å². The van der Waals surface area contributed by atoms with E-state index in [0.29, 0.717) is 16.6 Å². The molecule has 2 aromatic rings. The Hall–Kier alpha value is -2.63. The average Bonchev–Trinajstić information content (AvgIpc) is 2.34. The zero-order valence-corrected chi connectivity index (χ0v) is 10.5. The fourth-order valence-electron chi connectivity index (χ4n) is 1.81. The Morgan fingerprint density at radius 1 is 1.16 bits per heavy atom. The van der Waals surface area contributed by atoms with E-state index in [1.807, 2.05) is 0 Å². The average molecular weight is 259 g/mol. The molecule has 0 aliphatic rings. The molecule has 1 aromatic heterocycles. The van der Waals surface area contributed by atoms with Crippen LogP contribution in [0.1, 0.15) is 13.8 Å². The van der Waals surface area contributed by atoms with Crippen molar-refractivity contribution in [2.45, 2.75) is 13.8 Å². The third-order valence-corrected chi connectivity index (χ3v) is 2.49. The number of nitrogens with one attached hydrogen (secondary N) is 2. The van der Waals surface area contributed by atoms with Gasteiger partial charge in [-0.3, -0.25) is 14.6 Å². The predicted molar refractivity (Wildman–Crippen MR) is 72.0 cm³/mol. The van der Waals surface area contributed by atoms with E-state index in [1.54, 1.807) is 12.1 Å². The number of phenolic OH excluding ortho intramolecular Hbond substituents is 1. The van der Waals surface area contributed by atoms with Gasteiger partial charge in [-0.25, -0.2) is 0 Å². The number of phenols is 1. The first kappa shape index (κ1) is 12.8. The van der Waals surface area contributed by atoms with Crippen molar-refractivity contribution in [3.63, 3.8) is 0 Å². The maximum atomic E-state index is 11.2. The van der Waals surface area contributed by atoms with E-state index in [9.17, 15) is 14.7 Å². The summed E-state index contributed by atoms with van der Waals surface area (Å²) in [5.74, 6) is -0.691. The number of aromatic hydroxyl groups is 1. The Morgan fingerprint density at radius 3 is 2.42 bits per heavy atom. The second kappa shape index (κ2) is 4.93. The van der Waals surface area contributed by atoms with Gasteiger partial charge in [0, 0.05) is 25.4 Å². The number of benzene rings is 1. The molecule has 2 rings (SSSR count). The maximum Gasteiger partial charge on any atom is 0.221 e. The Labute approximate surface area is 109 Å². The number of nitrogens with zero attached hydrogens (tertiary/aromatic N) is 1. The summed E-state index contributed by atoms with van der Waals surface area (Å²) in [6, 6.07) is 4.93. The normalized spacial score (nSPS) is 10.2. The van der Waals surface area contributed by atoms with Crippen LogP contribution in [0.3, 0.4) is 0 Å². The summed E-state index contributed by atoms with van der Waals surface area (Å²) in [4.78, 5) is 26.4. The number of carbonyl (C=O) groups is 2. The summed E-state index contributed by atoms with van der Waals surface area (Å²) in [5, 5.41) is 15.8. The monoisotopic (exact) mass is 259 g/mol. The minimum Gasteiger partial charge on any atom is -0.504 e. The van der Waals surface area contributed by atoms with Crippen molar-refractivity contribution in [3.05, 3.63) is 24.4 Å². The Morgan fingerprint density at radius 2 is 1.79 bits per heavy atom. The molecule has 0 atom stereocenters. The smallest absolute Gasteiger partial charge is 0.221 e. The van der Waals surface area contributed by atoms with Gasteiger partial charge in [-0.05, 0) is 18.2 Å². The lowest BCUT2D eigenvalue weighted by Crippen LogP contribution is -2.09. The molecule has 6 nitrogen and oxygen atoms in total. The van der Waals surface area contributed by atoms with Crippen molar-refractivity contribution in [2.75, 3.05) is 10.6 Å². The van der Waals surface area contributed by atoms with E-state index in [1.165, 1.54) is 26.1 Å². The third kappa shape index (κ3) is 2.62. The Balaban J connectivity index is 2.68. The molecule has 0 saturated carbocycles. The lowest BCUT2D eigenvalue weighted by molar-refractivity contribution is -0.115. The number of anilines is 2. The first-order valence-corrected chi connectivity index (χ1v) is 5.65. The molecule has 6 heteroatoms. The zero-order chi connectivity index (χ0) is 14.0. The lowest BCUT2D eigenvalue weighted by Gasteiger charge is -2.12. The van der Waals surface area contributed by atoms with Gasteiger partial charge in [0.2, 0.25) is 11.8 Å². The minimum absolute atomic E-state index is 0.125. The molecule has 0 saturated heterocycles. The highest BCUT2D eigenvalue weighted by Gasteiger charge is 2.13. The summed E-state index contributed by atoms with van der Waals surface area (Å²) < 4.78 is 0. The minimum atomic E-state index is -0.320. The van der Waals surface area contributed by atoms with E-state index in [-0.39, 0.29) is 23.3 Å². The molecule has 0 aliphatic heterocycles. The van der Waals surface area contributed by atoms with Crippen LogP contribution in [-0.2, 0) is 9.59 Å². The van der Waals surface area contributed by atoms with Crippen LogP contribution in [-0.4, -0.2) is 21.9 Å². The van der Waals surface area contributed by atoms with Gasteiger partial charge in [-0.15, -0.1) is 0 Å². The first-order chi connectivity index (χ1) is 8.99. The molecule has 0 spiro atoms. The van der Waals surface area contributed by atoms with Gasteiger partial charge in [0.05, 0.1) is 11.4 Å². The lowest BCUT2D eigenvalue weighted by atomic mass is 10.1. The van der Waals surface area contributed by atoms with E-state index >= 15 is 0 Å². The van der Waals surface area contributed by atoms with E-state index in [2.05, 4.69) is 15.6 Å². The number of amides is 2. The molecule has 0 aliphatic carbocycles. The molecular weight excluding hydrogens is 246 g/mol. The molecule has 1 heterocycles. The first-order valence-electron chi connectivity index (χ1n) is 5.65. The number of pyridine rings is 1. The van der Waals surface area contributed by atoms with Crippen molar-refractivity contribution in [3.8, 4) is 5.75 Å². The van der Waals surface area contributed by atoms with Crippen molar-refractivity contribution >= 4 is 34.1 Å². The molecule has 19 heavy (non-hydrogen) atoms. The molecule has 0 unspecified atom stereocenters. The standard InChI is InChI=1S/C13H13N3O3/c1-7(17)15-10-6-11(16-8(2)18)13(19)12-9(10)4-3-5-14-12/h3-6,19H,1-2H3,(H,15,17)(H,16,18). The van der Waals surface area contributed by atoms with Gasteiger partial charge in [-0.2, -0.15) is 0 Å². The highest BCUT2D eigenvalue weighted by Crippen LogP contribution is 2.36. The molecule has 2 amide bonds. The van der Waals surface area contributed by atoms with Crippen molar-refractivity contribution < 1.29 is 14.7 Å². The van der Waals surface area contributed by atoms with E-state index in [0.717, 1.165) is 0 Å². The quantitative estimate of drug-likeness (QED) is 0.567. The SMILES string of the molecule is CC(=O)Nc1cc(NC(C)=O)c2cccnc2c1O. The predicted octanol–water partition coefficient (Wildman–Crippen LogP) is 1.86. The van der Waals surface area contributed by atoms with E-state index in [4.69, 9.17) is 0 Å². The molecule has 0 bridgehead atoms. The van der Waals surface area contributed by atoms with Gasteiger partial charge in [0.1, 0.15) is 5.52 Å². The van der Waals surface area contributed by atoms with Crippen molar-refractivity contribution in [1.29, 1.82) is 0 Å². The fraction of sp³-hybridized carbons (Fsp3) is 0.154. The van der Waals surface area contributed by atoms with Crippen LogP contribution < -0.4 is 10.6 Å². The van der Waals surface area contributed by atoms with Crippen LogP contribution in [0.15, 0.2) is 24.4 Å². The molecule has 0 radical (unpaired) electrons. The number of aromatic nitrogens is 1. The molecule has 3 N–H and O–H groups in total. The molecule has 1 aromatic carbocycles. The highest BCUT2D eigenvalue weighted by atomic mass is 16.3. The van der Waals surface area contributed by atoms with Crippen LogP contribution in [0, 0.1) is 0 Å². The molecular formula is C13H13N3O3. The van der Waals surface area contributed by atoms with Crippen LogP contribution in [0.2, 0.25) is 0 Å². The molecule has 98 valence electrons. The van der Waals surface area contributed by atoms with Gasteiger partial charge < -0.3 is 15.7 Å². The van der Waals surface area contributed by atoms with Crippen LogP contribution in [0.4, 0.5) is 11.4 Å². The van der Waals surface area contributed by atoms with Crippen LogP contribution >= 0.6 is 0 Å². The van der Waals surface area contributed by atoms with Crippen LogP contribution in [0.5, 0.6) is 5.75 Å². The summed E-state index contributed by atoms with van der Waals surface area (Å²) in [7, 11) is 0. The number of hydrogen-bond acceptors (Lipinski definition) is 4. The maximum absolute atomic E-state index is 11.2. The Kier molecular flexibility index (Phi) is 3.33. The number of carbonyl (C=O) groups excluding carboxylic acids is 2. The fourth-order valence-corrected chi connectivity index (χ4v) is 1.81. The van der Waals surface area contributed by atoms with Gasteiger partial charge in [0.15, 0.2) is 5.75 Å². The largest absolute Gasteiger partial charge is 0.504 e. The number of fused-ring (bicyclic) bond motifs is 1. The third-order valence-electron chi connectivity index (χ3n) is 2.49. The highest BCUT2D eigenvalue weighted by molar-refractivity contribution is 6.06. The second-order valence-electron chi connectivity index (χ2n) is 4.08. The summed E-state index contributed by atoms with van der Waals surface area (Å²) in [6.07, 6.45) is 1.52. The molecule has 0 fully saturated rings. The van der Waals surface area contributed by atoms with Crippen LogP contribution in [0.25, 0.3) is 10.9 Å². The topological polar surface area (TPSA) is 91.3 Å².